The monoisotopic (exact) mass is 217 g/mol. The van der Waals surface area contributed by atoms with Crippen molar-refractivity contribution in [3.63, 3.8) is 0 Å². The van der Waals surface area contributed by atoms with Crippen molar-refractivity contribution in [2.45, 2.75) is 44.0 Å². The topological polar surface area (TPSA) is 21.3 Å². The lowest BCUT2D eigenvalue weighted by molar-refractivity contribution is 0.102. The molecule has 0 saturated carbocycles. The van der Waals surface area contributed by atoms with Crippen LogP contribution in [0.3, 0.4) is 0 Å². The predicted molar refractivity (Wildman–Crippen MR) is 64.1 cm³/mol. The summed E-state index contributed by atoms with van der Waals surface area (Å²) in [5.74, 6) is 0. The highest BCUT2D eigenvalue weighted by molar-refractivity contribution is 7.99. The molecule has 3 heteroatoms. The summed E-state index contributed by atoms with van der Waals surface area (Å²) in [6, 6.07) is 0. The van der Waals surface area contributed by atoms with Crippen LogP contribution in [0.15, 0.2) is 0 Å². The largest absolute Gasteiger partial charge is 0.378 e. The molecule has 0 aliphatic carbocycles. The van der Waals surface area contributed by atoms with Crippen LogP contribution in [0.25, 0.3) is 0 Å². The lowest BCUT2D eigenvalue weighted by Crippen LogP contribution is -2.24. The van der Waals surface area contributed by atoms with Gasteiger partial charge in [0.2, 0.25) is 0 Å². The quantitative estimate of drug-likeness (QED) is 0.661. The average molecular weight is 217 g/mol. The second kappa shape index (κ2) is 7.55. The molecule has 1 N–H and O–H groups in total. The van der Waals surface area contributed by atoms with Gasteiger partial charge in [0.15, 0.2) is 0 Å². The summed E-state index contributed by atoms with van der Waals surface area (Å²) in [5, 5.41) is 4.22. The molecule has 1 saturated heterocycles. The van der Waals surface area contributed by atoms with E-state index >= 15 is 0 Å². The molecular weight excluding hydrogens is 194 g/mol. The smallest absolute Gasteiger partial charge is 0.0576 e. The Morgan fingerprint density at radius 1 is 1.57 bits per heavy atom. The third-order valence-corrected chi connectivity index (χ3v) is 3.71. The summed E-state index contributed by atoms with van der Waals surface area (Å²) < 4.78 is 5.57. The van der Waals surface area contributed by atoms with E-state index in [0.29, 0.717) is 6.10 Å². The number of thioether (sulfide) groups is 1. The number of rotatable bonds is 7. The summed E-state index contributed by atoms with van der Waals surface area (Å²) in [7, 11) is 0. The van der Waals surface area contributed by atoms with Crippen molar-refractivity contribution in [3.05, 3.63) is 0 Å². The van der Waals surface area contributed by atoms with Gasteiger partial charge >= 0.3 is 0 Å². The SMILES string of the molecule is CSC(C)CNCCCC1CCCO1. The van der Waals surface area contributed by atoms with Crippen LogP contribution < -0.4 is 5.32 Å². The molecule has 0 amide bonds. The zero-order valence-electron chi connectivity index (χ0n) is 9.42. The van der Waals surface area contributed by atoms with Crippen molar-refractivity contribution in [1.29, 1.82) is 0 Å². The van der Waals surface area contributed by atoms with Gasteiger partial charge < -0.3 is 10.1 Å². The Hall–Kier alpha value is 0.270. The minimum absolute atomic E-state index is 0.565. The van der Waals surface area contributed by atoms with E-state index in [1.54, 1.807) is 0 Å². The first kappa shape index (κ1) is 12.3. The molecule has 2 unspecified atom stereocenters. The van der Waals surface area contributed by atoms with Gasteiger partial charge in [-0.25, -0.2) is 0 Å². The first-order valence-electron chi connectivity index (χ1n) is 5.68. The molecule has 0 spiro atoms. The molecule has 2 atom stereocenters. The molecule has 84 valence electrons. The van der Waals surface area contributed by atoms with E-state index in [1.165, 1.54) is 25.7 Å². The minimum atomic E-state index is 0.565. The fraction of sp³-hybridized carbons (Fsp3) is 1.00. The molecule has 0 aromatic carbocycles. The molecular formula is C11H23NOS. The third-order valence-electron chi connectivity index (χ3n) is 2.74. The van der Waals surface area contributed by atoms with Crippen LogP contribution in [0.5, 0.6) is 0 Å². The van der Waals surface area contributed by atoms with Crippen LogP contribution >= 0.6 is 11.8 Å². The molecule has 0 radical (unpaired) electrons. The second-order valence-corrected chi connectivity index (χ2v) is 5.30. The van der Waals surface area contributed by atoms with Crippen LogP contribution in [0, 0.1) is 0 Å². The standard InChI is InChI=1S/C11H23NOS/c1-10(14-2)9-12-7-3-5-11-6-4-8-13-11/h10-12H,3-9H2,1-2H3. The van der Waals surface area contributed by atoms with E-state index in [-0.39, 0.29) is 0 Å². The Bertz CT molecular complexity index is 137. The summed E-state index contributed by atoms with van der Waals surface area (Å²) in [6.45, 7) is 5.52. The molecule has 1 heterocycles. The van der Waals surface area contributed by atoms with E-state index in [4.69, 9.17) is 4.74 Å². The van der Waals surface area contributed by atoms with Gasteiger partial charge in [0.25, 0.3) is 0 Å². The molecule has 2 nitrogen and oxygen atoms in total. The molecule has 0 aromatic heterocycles. The van der Waals surface area contributed by atoms with Crippen molar-refractivity contribution >= 4 is 11.8 Å². The van der Waals surface area contributed by atoms with E-state index in [0.717, 1.165) is 24.9 Å². The maximum absolute atomic E-state index is 5.57. The summed E-state index contributed by atoms with van der Waals surface area (Å²) in [4.78, 5) is 0. The zero-order valence-corrected chi connectivity index (χ0v) is 10.2. The van der Waals surface area contributed by atoms with Gasteiger partial charge in [0, 0.05) is 18.4 Å². The Morgan fingerprint density at radius 2 is 2.43 bits per heavy atom. The first-order chi connectivity index (χ1) is 6.83. The van der Waals surface area contributed by atoms with Crippen LogP contribution in [0.4, 0.5) is 0 Å². The van der Waals surface area contributed by atoms with Crippen LogP contribution in [-0.4, -0.2) is 37.3 Å². The fourth-order valence-electron chi connectivity index (χ4n) is 1.72. The first-order valence-corrected chi connectivity index (χ1v) is 6.97. The van der Waals surface area contributed by atoms with Gasteiger partial charge in [0.05, 0.1) is 6.10 Å². The fourth-order valence-corrected chi connectivity index (χ4v) is 2.00. The molecule has 1 rings (SSSR count). The third kappa shape index (κ3) is 5.23. The lowest BCUT2D eigenvalue weighted by atomic mass is 10.1. The maximum Gasteiger partial charge on any atom is 0.0576 e. The summed E-state index contributed by atoms with van der Waals surface area (Å²) >= 11 is 1.92. The van der Waals surface area contributed by atoms with Gasteiger partial charge in [-0.15, -0.1) is 0 Å². The van der Waals surface area contributed by atoms with Gasteiger partial charge in [0.1, 0.15) is 0 Å². The number of ether oxygens (including phenoxy) is 1. The van der Waals surface area contributed by atoms with E-state index in [2.05, 4.69) is 18.5 Å². The second-order valence-electron chi connectivity index (χ2n) is 4.03. The van der Waals surface area contributed by atoms with Crippen molar-refractivity contribution in [2.24, 2.45) is 0 Å². The number of hydrogen-bond donors (Lipinski definition) is 1. The predicted octanol–water partition coefficient (Wildman–Crippen LogP) is 2.29. The highest BCUT2D eigenvalue weighted by Crippen LogP contribution is 2.16. The molecule has 0 bridgehead atoms. The van der Waals surface area contributed by atoms with E-state index < -0.39 is 0 Å². The summed E-state index contributed by atoms with van der Waals surface area (Å²) in [5.41, 5.74) is 0. The summed E-state index contributed by atoms with van der Waals surface area (Å²) in [6.07, 6.45) is 7.77. The van der Waals surface area contributed by atoms with Gasteiger partial charge in [-0.1, -0.05) is 6.92 Å². The van der Waals surface area contributed by atoms with Gasteiger partial charge in [-0.3, -0.25) is 0 Å². The highest BCUT2D eigenvalue weighted by atomic mass is 32.2. The molecule has 1 aliphatic rings. The lowest BCUT2D eigenvalue weighted by Gasteiger charge is -2.11. The molecule has 14 heavy (non-hydrogen) atoms. The van der Waals surface area contributed by atoms with Crippen LogP contribution in [0.2, 0.25) is 0 Å². The van der Waals surface area contributed by atoms with E-state index in [9.17, 15) is 0 Å². The zero-order chi connectivity index (χ0) is 10.2. The Morgan fingerprint density at radius 3 is 3.07 bits per heavy atom. The Kier molecular flexibility index (Phi) is 6.65. The molecule has 1 fully saturated rings. The van der Waals surface area contributed by atoms with Crippen LogP contribution in [0.1, 0.15) is 32.6 Å². The van der Waals surface area contributed by atoms with E-state index in [1.807, 2.05) is 11.8 Å². The molecule has 1 aliphatic heterocycles. The van der Waals surface area contributed by atoms with Crippen molar-refractivity contribution < 1.29 is 4.74 Å². The average Bonchev–Trinajstić information content (AvgIpc) is 2.69. The van der Waals surface area contributed by atoms with Crippen LogP contribution in [-0.2, 0) is 4.74 Å². The van der Waals surface area contributed by atoms with Gasteiger partial charge in [-0.05, 0) is 38.5 Å². The van der Waals surface area contributed by atoms with Crippen molar-refractivity contribution in [3.8, 4) is 0 Å². The van der Waals surface area contributed by atoms with Crippen molar-refractivity contribution in [2.75, 3.05) is 26.0 Å². The number of nitrogens with one attached hydrogen (secondary N) is 1. The normalized spacial score (nSPS) is 24.0. The molecule has 0 aromatic rings. The minimum Gasteiger partial charge on any atom is -0.378 e. The Labute approximate surface area is 92.2 Å². The number of hydrogen-bond acceptors (Lipinski definition) is 3. The van der Waals surface area contributed by atoms with Gasteiger partial charge in [-0.2, -0.15) is 11.8 Å². The maximum atomic E-state index is 5.57. The highest BCUT2D eigenvalue weighted by Gasteiger charge is 2.14. The van der Waals surface area contributed by atoms with Crippen molar-refractivity contribution in [1.82, 2.24) is 5.32 Å². The Balaban J connectivity index is 1.84.